The van der Waals surface area contributed by atoms with Crippen LogP contribution in [0.4, 0.5) is 0 Å². The number of hydrogen-bond acceptors (Lipinski definition) is 2. The predicted molar refractivity (Wildman–Crippen MR) is 82.8 cm³/mol. The number of fused-ring (bicyclic) bond motifs is 1. The fourth-order valence-electron chi connectivity index (χ4n) is 2.45. The molecule has 0 bridgehead atoms. The summed E-state index contributed by atoms with van der Waals surface area (Å²) in [5.41, 5.74) is 2.50. The number of benzene rings is 2. The Morgan fingerprint density at radius 2 is 1.74 bits per heavy atom. The SMILES string of the molecule is CCC[C@@H](c1ccccc1)c1nc2ccccc2s1. The molecule has 1 heterocycles. The molecule has 0 radical (unpaired) electrons. The van der Waals surface area contributed by atoms with Gasteiger partial charge >= 0.3 is 0 Å². The maximum Gasteiger partial charge on any atom is 0.101 e. The molecule has 1 nitrogen and oxygen atoms in total. The number of para-hydroxylation sites is 1. The second-order valence-electron chi connectivity index (χ2n) is 4.77. The molecule has 2 aromatic carbocycles. The van der Waals surface area contributed by atoms with Crippen LogP contribution in [0, 0.1) is 0 Å². The fraction of sp³-hybridized carbons (Fsp3) is 0.235. The zero-order chi connectivity index (χ0) is 13.1. The van der Waals surface area contributed by atoms with E-state index in [-0.39, 0.29) is 0 Å². The van der Waals surface area contributed by atoms with E-state index < -0.39 is 0 Å². The summed E-state index contributed by atoms with van der Waals surface area (Å²) in [6.07, 6.45) is 2.33. The van der Waals surface area contributed by atoms with Crippen molar-refractivity contribution in [1.29, 1.82) is 0 Å². The molecule has 0 unspecified atom stereocenters. The average molecular weight is 267 g/mol. The minimum atomic E-state index is 0.434. The van der Waals surface area contributed by atoms with Gasteiger partial charge in [0.25, 0.3) is 0 Å². The molecule has 1 aromatic heterocycles. The van der Waals surface area contributed by atoms with Crippen LogP contribution in [0.1, 0.15) is 36.3 Å². The molecule has 19 heavy (non-hydrogen) atoms. The fourth-order valence-corrected chi connectivity index (χ4v) is 3.58. The molecule has 3 aromatic rings. The highest BCUT2D eigenvalue weighted by Gasteiger charge is 2.17. The molecule has 0 aliphatic carbocycles. The topological polar surface area (TPSA) is 12.9 Å². The van der Waals surface area contributed by atoms with Gasteiger partial charge in [-0.25, -0.2) is 4.98 Å². The second kappa shape index (κ2) is 5.54. The van der Waals surface area contributed by atoms with Crippen LogP contribution < -0.4 is 0 Å². The maximum atomic E-state index is 4.83. The second-order valence-corrected chi connectivity index (χ2v) is 5.83. The summed E-state index contributed by atoms with van der Waals surface area (Å²) in [6, 6.07) is 19.1. The van der Waals surface area contributed by atoms with E-state index in [1.54, 1.807) is 0 Å². The summed E-state index contributed by atoms with van der Waals surface area (Å²) in [7, 11) is 0. The molecule has 1 atom stereocenters. The highest BCUT2D eigenvalue weighted by molar-refractivity contribution is 7.18. The predicted octanol–water partition coefficient (Wildman–Crippen LogP) is 5.23. The largest absolute Gasteiger partial charge is 0.241 e. The molecular weight excluding hydrogens is 250 g/mol. The Morgan fingerprint density at radius 3 is 2.47 bits per heavy atom. The molecule has 3 rings (SSSR count). The summed E-state index contributed by atoms with van der Waals surface area (Å²) in [6.45, 7) is 2.24. The number of aromatic nitrogens is 1. The van der Waals surface area contributed by atoms with Gasteiger partial charge in [0.15, 0.2) is 0 Å². The first-order valence-corrected chi connectivity index (χ1v) is 7.60. The van der Waals surface area contributed by atoms with E-state index in [0.717, 1.165) is 11.9 Å². The van der Waals surface area contributed by atoms with Gasteiger partial charge in [-0.05, 0) is 24.1 Å². The normalized spacial score (nSPS) is 12.7. The van der Waals surface area contributed by atoms with Gasteiger partial charge in [-0.3, -0.25) is 0 Å². The third-order valence-corrected chi connectivity index (χ3v) is 4.54. The molecule has 0 aliphatic rings. The van der Waals surface area contributed by atoms with E-state index in [4.69, 9.17) is 4.98 Å². The molecule has 0 N–H and O–H groups in total. The lowest BCUT2D eigenvalue weighted by molar-refractivity contribution is 0.695. The Balaban J connectivity index is 2.04. The lowest BCUT2D eigenvalue weighted by Gasteiger charge is -2.13. The minimum absolute atomic E-state index is 0.434. The van der Waals surface area contributed by atoms with Crippen LogP contribution in [-0.4, -0.2) is 4.98 Å². The molecule has 0 aliphatic heterocycles. The maximum absolute atomic E-state index is 4.83. The quantitative estimate of drug-likeness (QED) is 0.631. The Labute approximate surface area is 117 Å². The van der Waals surface area contributed by atoms with Crippen LogP contribution in [0.2, 0.25) is 0 Å². The van der Waals surface area contributed by atoms with Crippen LogP contribution in [0.25, 0.3) is 10.2 Å². The van der Waals surface area contributed by atoms with Crippen molar-refractivity contribution in [2.24, 2.45) is 0 Å². The van der Waals surface area contributed by atoms with E-state index in [0.29, 0.717) is 5.92 Å². The van der Waals surface area contributed by atoms with Crippen molar-refractivity contribution in [2.75, 3.05) is 0 Å². The minimum Gasteiger partial charge on any atom is -0.241 e. The molecule has 96 valence electrons. The van der Waals surface area contributed by atoms with Gasteiger partial charge in [0, 0.05) is 5.92 Å². The molecule has 0 spiro atoms. The van der Waals surface area contributed by atoms with Gasteiger partial charge in [-0.1, -0.05) is 55.8 Å². The van der Waals surface area contributed by atoms with Gasteiger partial charge in [0.2, 0.25) is 0 Å². The van der Waals surface area contributed by atoms with Crippen LogP contribution in [-0.2, 0) is 0 Å². The summed E-state index contributed by atoms with van der Waals surface area (Å²) in [5.74, 6) is 0.434. The van der Waals surface area contributed by atoms with Crippen molar-refractivity contribution >= 4 is 21.6 Å². The van der Waals surface area contributed by atoms with Crippen molar-refractivity contribution in [3.63, 3.8) is 0 Å². The number of hydrogen-bond donors (Lipinski definition) is 0. The third-order valence-electron chi connectivity index (χ3n) is 3.39. The van der Waals surface area contributed by atoms with Gasteiger partial charge in [-0.15, -0.1) is 11.3 Å². The zero-order valence-electron chi connectivity index (χ0n) is 11.0. The lowest BCUT2D eigenvalue weighted by atomic mass is 9.95. The molecular formula is C17H17NS. The first-order chi connectivity index (χ1) is 9.38. The molecule has 2 heteroatoms. The highest BCUT2D eigenvalue weighted by Crippen LogP contribution is 2.34. The monoisotopic (exact) mass is 267 g/mol. The number of rotatable bonds is 4. The molecule has 0 saturated carbocycles. The van der Waals surface area contributed by atoms with Crippen LogP contribution in [0.5, 0.6) is 0 Å². The highest BCUT2D eigenvalue weighted by atomic mass is 32.1. The van der Waals surface area contributed by atoms with E-state index in [1.165, 1.54) is 21.7 Å². The summed E-state index contributed by atoms with van der Waals surface area (Å²) >= 11 is 1.83. The van der Waals surface area contributed by atoms with E-state index in [2.05, 4.69) is 61.5 Å². The summed E-state index contributed by atoms with van der Waals surface area (Å²) in [5, 5.41) is 1.24. The molecule has 0 fully saturated rings. The van der Waals surface area contributed by atoms with E-state index >= 15 is 0 Å². The first-order valence-electron chi connectivity index (χ1n) is 6.79. The average Bonchev–Trinajstić information content (AvgIpc) is 2.89. The van der Waals surface area contributed by atoms with Crippen LogP contribution in [0.15, 0.2) is 54.6 Å². The third kappa shape index (κ3) is 2.54. The van der Waals surface area contributed by atoms with Crippen LogP contribution >= 0.6 is 11.3 Å². The Hall–Kier alpha value is -1.67. The molecule has 0 saturated heterocycles. The first kappa shape index (κ1) is 12.4. The van der Waals surface area contributed by atoms with E-state index in [9.17, 15) is 0 Å². The van der Waals surface area contributed by atoms with Gasteiger partial charge in [0.1, 0.15) is 5.01 Å². The van der Waals surface area contributed by atoms with Gasteiger partial charge in [0.05, 0.1) is 10.2 Å². The van der Waals surface area contributed by atoms with Crippen molar-refractivity contribution in [3.05, 3.63) is 65.2 Å². The van der Waals surface area contributed by atoms with Gasteiger partial charge < -0.3 is 0 Å². The Morgan fingerprint density at radius 1 is 1.00 bits per heavy atom. The smallest absolute Gasteiger partial charge is 0.101 e. The standard InChI is InChI=1S/C17H17NS/c1-2-8-14(13-9-4-3-5-10-13)17-18-15-11-6-7-12-16(15)19-17/h3-7,9-12,14H,2,8H2,1H3/t14-/m0/s1. The van der Waals surface area contributed by atoms with Crippen molar-refractivity contribution in [3.8, 4) is 0 Å². The molecule has 0 amide bonds. The number of thiazole rings is 1. The van der Waals surface area contributed by atoms with Crippen LogP contribution in [0.3, 0.4) is 0 Å². The summed E-state index contributed by atoms with van der Waals surface area (Å²) < 4.78 is 1.29. The van der Waals surface area contributed by atoms with Gasteiger partial charge in [-0.2, -0.15) is 0 Å². The summed E-state index contributed by atoms with van der Waals surface area (Å²) in [4.78, 5) is 4.83. The Kier molecular flexibility index (Phi) is 3.60. The number of nitrogens with zero attached hydrogens (tertiary/aromatic N) is 1. The zero-order valence-corrected chi connectivity index (χ0v) is 11.9. The van der Waals surface area contributed by atoms with Crippen molar-refractivity contribution < 1.29 is 0 Å². The van der Waals surface area contributed by atoms with Crippen molar-refractivity contribution in [2.45, 2.75) is 25.7 Å². The van der Waals surface area contributed by atoms with Crippen molar-refractivity contribution in [1.82, 2.24) is 4.98 Å². The van der Waals surface area contributed by atoms with E-state index in [1.807, 2.05) is 11.3 Å². The lowest BCUT2D eigenvalue weighted by Crippen LogP contribution is -1.99. The Bertz CT molecular complexity index is 624.